The molecule has 144 valence electrons. The molecule has 2 unspecified atom stereocenters. The third kappa shape index (κ3) is 5.24. The topological polar surface area (TPSA) is 113 Å². The number of carbonyl (C=O) groups is 2. The van der Waals surface area contributed by atoms with Gasteiger partial charge in [-0.3, -0.25) is 9.78 Å². The molecular weight excluding hydrogens is 368 g/mol. The maximum Gasteiger partial charge on any atom is 0.405 e. The monoisotopic (exact) mass is 390 g/mol. The minimum atomic E-state index is -1.25. The molecule has 0 spiro atoms. The molecule has 2 amide bonds. The van der Waals surface area contributed by atoms with Crippen LogP contribution >= 0.6 is 11.3 Å². The van der Waals surface area contributed by atoms with Gasteiger partial charge < -0.3 is 20.5 Å². The first-order chi connectivity index (χ1) is 12.9. The second-order valence-corrected chi connectivity index (χ2v) is 7.48. The van der Waals surface area contributed by atoms with Crippen LogP contribution in [0.15, 0.2) is 23.6 Å². The number of carbonyl (C=O) groups excluding carboxylic acids is 1. The van der Waals surface area contributed by atoms with Crippen molar-refractivity contribution in [2.75, 3.05) is 11.9 Å². The number of pyridine rings is 1. The molecule has 3 rings (SSSR count). The van der Waals surface area contributed by atoms with Gasteiger partial charge in [-0.1, -0.05) is 6.07 Å². The number of hydrogen-bond donors (Lipinski definition) is 3. The molecule has 2 aromatic heterocycles. The first-order valence-corrected chi connectivity index (χ1v) is 9.63. The number of aromatic nitrogens is 2. The molecule has 0 aliphatic carbocycles. The van der Waals surface area contributed by atoms with Gasteiger partial charge in [0.2, 0.25) is 5.91 Å². The maximum atomic E-state index is 11.7. The molecule has 0 aromatic carbocycles. The van der Waals surface area contributed by atoms with Crippen molar-refractivity contribution in [1.82, 2.24) is 15.3 Å². The number of anilines is 1. The average Bonchev–Trinajstić information content (AvgIpc) is 3.08. The van der Waals surface area contributed by atoms with E-state index in [1.165, 1.54) is 11.3 Å². The molecule has 8 nitrogen and oxygen atoms in total. The fourth-order valence-electron chi connectivity index (χ4n) is 3.24. The van der Waals surface area contributed by atoms with Gasteiger partial charge in [-0.05, 0) is 38.8 Å². The SMILES string of the molecule is CC1CC(c2cccc(-c3csc(NC(=O)CNC(=O)O)n3)n2)CC(C)O1. The first-order valence-electron chi connectivity index (χ1n) is 8.75. The Morgan fingerprint density at radius 3 is 2.67 bits per heavy atom. The normalized spacial score (nSPS) is 22.2. The lowest BCUT2D eigenvalue weighted by molar-refractivity contribution is -0.115. The Hall–Kier alpha value is -2.52. The van der Waals surface area contributed by atoms with Gasteiger partial charge in [-0.2, -0.15) is 0 Å². The zero-order valence-electron chi connectivity index (χ0n) is 15.1. The lowest BCUT2D eigenvalue weighted by Crippen LogP contribution is -2.31. The van der Waals surface area contributed by atoms with E-state index in [0.29, 0.717) is 16.7 Å². The summed E-state index contributed by atoms with van der Waals surface area (Å²) in [7, 11) is 0. The summed E-state index contributed by atoms with van der Waals surface area (Å²) in [6, 6.07) is 5.89. The van der Waals surface area contributed by atoms with Crippen molar-refractivity contribution in [3.8, 4) is 11.4 Å². The number of hydrogen-bond acceptors (Lipinski definition) is 6. The van der Waals surface area contributed by atoms with E-state index in [4.69, 9.17) is 14.8 Å². The molecule has 2 aromatic rings. The van der Waals surface area contributed by atoms with Gasteiger partial charge >= 0.3 is 6.09 Å². The summed E-state index contributed by atoms with van der Waals surface area (Å²) in [5.74, 6) is -0.117. The predicted octanol–water partition coefficient (Wildman–Crippen LogP) is 3.08. The maximum absolute atomic E-state index is 11.7. The molecular formula is C18H22N4O4S. The van der Waals surface area contributed by atoms with Gasteiger partial charge in [0.15, 0.2) is 5.13 Å². The largest absolute Gasteiger partial charge is 0.465 e. The Morgan fingerprint density at radius 2 is 1.96 bits per heavy atom. The number of thiazole rings is 1. The van der Waals surface area contributed by atoms with Crippen LogP contribution in [-0.2, 0) is 9.53 Å². The van der Waals surface area contributed by atoms with Crippen LogP contribution in [0, 0.1) is 0 Å². The minimum Gasteiger partial charge on any atom is -0.465 e. The van der Waals surface area contributed by atoms with E-state index >= 15 is 0 Å². The molecule has 3 N–H and O–H groups in total. The van der Waals surface area contributed by atoms with E-state index in [9.17, 15) is 9.59 Å². The van der Waals surface area contributed by atoms with Crippen molar-refractivity contribution in [3.63, 3.8) is 0 Å². The van der Waals surface area contributed by atoms with Gasteiger partial charge in [0, 0.05) is 17.0 Å². The van der Waals surface area contributed by atoms with Gasteiger partial charge in [0.1, 0.15) is 12.2 Å². The van der Waals surface area contributed by atoms with Crippen LogP contribution in [0.1, 0.15) is 38.3 Å². The summed E-state index contributed by atoms with van der Waals surface area (Å²) in [6.45, 7) is 3.85. The van der Waals surface area contributed by atoms with E-state index < -0.39 is 12.0 Å². The number of nitrogens with one attached hydrogen (secondary N) is 2. The van der Waals surface area contributed by atoms with Crippen molar-refractivity contribution in [2.45, 2.75) is 44.8 Å². The zero-order valence-corrected chi connectivity index (χ0v) is 16.0. The minimum absolute atomic E-state index is 0.213. The van der Waals surface area contributed by atoms with E-state index in [1.54, 1.807) is 0 Å². The number of amides is 2. The third-order valence-electron chi connectivity index (χ3n) is 4.30. The molecule has 3 heterocycles. The van der Waals surface area contributed by atoms with Crippen LogP contribution in [0.25, 0.3) is 11.4 Å². The standard InChI is InChI=1S/C18H22N4O4S/c1-10-6-12(7-11(2)26-10)13-4-3-5-14(20-13)15-9-27-17(21-15)22-16(23)8-19-18(24)25/h3-5,9-12,19H,6-8H2,1-2H3,(H,24,25)(H,21,22,23). The molecule has 0 radical (unpaired) electrons. The summed E-state index contributed by atoms with van der Waals surface area (Å²) < 4.78 is 5.81. The van der Waals surface area contributed by atoms with Gasteiger partial charge in [0.25, 0.3) is 0 Å². The lowest BCUT2D eigenvalue weighted by Gasteiger charge is -2.31. The predicted molar refractivity (Wildman–Crippen MR) is 102 cm³/mol. The Kier molecular flexibility index (Phi) is 6.02. The summed E-state index contributed by atoms with van der Waals surface area (Å²) in [4.78, 5) is 31.3. The highest BCUT2D eigenvalue weighted by atomic mass is 32.1. The Bertz CT molecular complexity index is 815. The number of nitrogens with zero attached hydrogens (tertiary/aromatic N) is 2. The summed E-state index contributed by atoms with van der Waals surface area (Å²) in [5, 5.41) is 15.3. The first kappa shape index (κ1) is 19.2. The number of rotatable bonds is 5. The second-order valence-electron chi connectivity index (χ2n) is 6.62. The summed E-state index contributed by atoms with van der Waals surface area (Å²) >= 11 is 1.27. The molecule has 2 atom stereocenters. The molecule has 1 aliphatic heterocycles. The highest BCUT2D eigenvalue weighted by Gasteiger charge is 2.26. The molecule has 9 heteroatoms. The van der Waals surface area contributed by atoms with E-state index in [0.717, 1.165) is 24.2 Å². The quantitative estimate of drug-likeness (QED) is 0.723. The van der Waals surface area contributed by atoms with E-state index in [2.05, 4.69) is 24.1 Å². The molecule has 1 aliphatic rings. The molecule has 1 fully saturated rings. The van der Waals surface area contributed by atoms with Crippen molar-refractivity contribution in [3.05, 3.63) is 29.3 Å². The smallest absolute Gasteiger partial charge is 0.405 e. The zero-order chi connectivity index (χ0) is 19.4. The second kappa shape index (κ2) is 8.45. The highest BCUT2D eigenvalue weighted by molar-refractivity contribution is 7.14. The fourth-order valence-corrected chi connectivity index (χ4v) is 3.96. The average molecular weight is 390 g/mol. The Balaban J connectivity index is 1.69. The van der Waals surface area contributed by atoms with Crippen LogP contribution in [-0.4, -0.2) is 45.8 Å². The highest BCUT2D eigenvalue weighted by Crippen LogP contribution is 2.33. The molecule has 27 heavy (non-hydrogen) atoms. The van der Waals surface area contributed by atoms with Gasteiger partial charge in [0.05, 0.1) is 17.9 Å². The van der Waals surface area contributed by atoms with Crippen LogP contribution < -0.4 is 10.6 Å². The van der Waals surface area contributed by atoms with Crippen LogP contribution in [0.4, 0.5) is 9.93 Å². The van der Waals surface area contributed by atoms with Gasteiger partial charge in [-0.15, -0.1) is 11.3 Å². The van der Waals surface area contributed by atoms with Crippen LogP contribution in [0.2, 0.25) is 0 Å². The van der Waals surface area contributed by atoms with Crippen molar-refractivity contribution < 1.29 is 19.4 Å². The Morgan fingerprint density at radius 1 is 1.22 bits per heavy atom. The lowest BCUT2D eigenvalue weighted by atomic mass is 9.89. The third-order valence-corrected chi connectivity index (χ3v) is 5.06. The van der Waals surface area contributed by atoms with Crippen LogP contribution in [0.5, 0.6) is 0 Å². The van der Waals surface area contributed by atoms with Gasteiger partial charge in [-0.25, -0.2) is 9.78 Å². The molecule has 0 saturated carbocycles. The fraction of sp³-hybridized carbons (Fsp3) is 0.444. The Labute approximate surface area is 161 Å². The molecule has 0 bridgehead atoms. The van der Waals surface area contributed by atoms with E-state index in [1.807, 2.05) is 28.9 Å². The number of ether oxygens (including phenoxy) is 1. The van der Waals surface area contributed by atoms with E-state index in [-0.39, 0.29) is 18.8 Å². The van der Waals surface area contributed by atoms with Crippen LogP contribution in [0.3, 0.4) is 0 Å². The van der Waals surface area contributed by atoms with Crippen molar-refractivity contribution in [1.29, 1.82) is 0 Å². The molecule has 1 saturated heterocycles. The summed E-state index contributed by atoms with van der Waals surface area (Å²) in [6.07, 6.45) is 1.06. The van der Waals surface area contributed by atoms with Crippen molar-refractivity contribution >= 4 is 28.5 Å². The number of carboxylic acid groups (broad SMARTS) is 1. The summed E-state index contributed by atoms with van der Waals surface area (Å²) in [5.41, 5.74) is 2.45. The van der Waals surface area contributed by atoms with Crippen molar-refractivity contribution in [2.24, 2.45) is 0 Å².